The highest BCUT2D eigenvalue weighted by Gasteiger charge is 2.39. The van der Waals surface area contributed by atoms with Crippen LogP contribution < -0.4 is 4.74 Å². The summed E-state index contributed by atoms with van der Waals surface area (Å²) in [5.74, 6) is -1.69. The standard InChI is InChI=1S/C25H29FO4/c1-14(2)20-12-21(18-10-9-15(3)16(4)11-18)17(5)30-24(20)19-7-6-8-22(26)25(19)29-13-23(27)28/h6-11,17,20-21,24H,1,12-13H2,2-5H3,(H,27,28)/t17-,20+,21-,24+/m0/s1. The third kappa shape index (κ3) is 4.57. The number of hydrogen-bond acceptors (Lipinski definition) is 3. The maximum atomic E-state index is 14.5. The van der Waals surface area contributed by atoms with Crippen molar-refractivity contribution >= 4 is 5.97 Å². The summed E-state index contributed by atoms with van der Waals surface area (Å²) >= 11 is 0. The Kier molecular flexibility index (Phi) is 6.61. The van der Waals surface area contributed by atoms with Crippen LogP contribution in [-0.2, 0) is 9.53 Å². The van der Waals surface area contributed by atoms with Crippen molar-refractivity contribution in [2.24, 2.45) is 5.92 Å². The Balaban J connectivity index is 1.96. The molecule has 160 valence electrons. The maximum Gasteiger partial charge on any atom is 0.341 e. The summed E-state index contributed by atoms with van der Waals surface area (Å²) < 4.78 is 26.2. The molecule has 0 radical (unpaired) electrons. The van der Waals surface area contributed by atoms with E-state index >= 15 is 0 Å². The number of rotatable bonds is 6. The first-order chi connectivity index (χ1) is 14.2. The molecule has 0 aliphatic carbocycles. The van der Waals surface area contributed by atoms with Crippen LogP contribution in [-0.4, -0.2) is 23.8 Å². The summed E-state index contributed by atoms with van der Waals surface area (Å²) in [4.78, 5) is 11.0. The highest BCUT2D eigenvalue weighted by Crippen LogP contribution is 2.48. The molecule has 30 heavy (non-hydrogen) atoms. The van der Waals surface area contributed by atoms with E-state index in [-0.39, 0.29) is 23.7 Å². The average Bonchev–Trinajstić information content (AvgIpc) is 2.68. The summed E-state index contributed by atoms with van der Waals surface area (Å²) in [6, 6.07) is 11.1. The Morgan fingerprint density at radius 1 is 1.27 bits per heavy atom. The molecule has 4 nitrogen and oxygen atoms in total. The molecule has 1 aliphatic rings. The molecule has 0 bridgehead atoms. The van der Waals surface area contributed by atoms with E-state index in [2.05, 4.69) is 38.6 Å². The number of para-hydroxylation sites is 1. The number of ether oxygens (including phenoxy) is 2. The first-order valence-corrected chi connectivity index (χ1v) is 10.2. The van der Waals surface area contributed by atoms with Crippen molar-refractivity contribution in [1.82, 2.24) is 0 Å². The molecule has 0 spiro atoms. The van der Waals surface area contributed by atoms with Crippen molar-refractivity contribution in [2.45, 2.75) is 52.2 Å². The van der Waals surface area contributed by atoms with Gasteiger partial charge in [0.25, 0.3) is 0 Å². The van der Waals surface area contributed by atoms with Gasteiger partial charge in [0, 0.05) is 17.4 Å². The lowest BCUT2D eigenvalue weighted by atomic mass is 9.75. The zero-order valence-corrected chi connectivity index (χ0v) is 17.9. The second kappa shape index (κ2) is 9.00. The van der Waals surface area contributed by atoms with Crippen LogP contribution in [0.1, 0.15) is 54.5 Å². The number of carboxylic acids is 1. The molecule has 5 heteroatoms. The Morgan fingerprint density at radius 2 is 2.00 bits per heavy atom. The predicted molar refractivity (Wildman–Crippen MR) is 114 cm³/mol. The Hall–Kier alpha value is -2.66. The normalized spacial score (nSPS) is 23.8. The van der Waals surface area contributed by atoms with Crippen LogP contribution in [0.15, 0.2) is 48.6 Å². The zero-order chi connectivity index (χ0) is 22.0. The van der Waals surface area contributed by atoms with Crippen molar-refractivity contribution in [3.63, 3.8) is 0 Å². The van der Waals surface area contributed by atoms with Gasteiger partial charge in [0.05, 0.1) is 12.2 Å². The lowest BCUT2D eigenvalue weighted by Gasteiger charge is -2.42. The lowest BCUT2D eigenvalue weighted by molar-refractivity contribution is -0.139. The number of hydrogen-bond donors (Lipinski definition) is 1. The topological polar surface area (TPSA) is 55.8 Å². The molecule has 4 atom stereocenters. The number of benzene rings is 2. The third-order valence-electron chi connectivity index (χ3n) is 6.04. The molecule has 1 fully saturated rings. The fourth-order valence-corrected chi connectivity index (χ4v) is 4.20. The van der Waals surface area contributed by atoms with Crippen LogP contribution in [0.5, 0.6) is 5.75 Å². The van der Waals surface area contributed by atoms with E-state index < -0.39 is 24.5 Å². The number of carbonyl (C=O) groups is 1. The molecular formula is C25H29FO4. The van der Waals surface area contributed by atoms with Crippen LogP contribution in [0.3, 0.4) is 0 Å². The Bertz CT molecular complexity index is 952. The van der Waals surface area contributed by atoms with E-state index in [0.717, 1.165) is 12.0 Å². The maximum absolute atomic E-state index is 14.5. The molecule has 1 N–H and O–H groups in total. The van der Waals surface area contributed by atoms with Crippen molar-refractivity contribution in [3.8, 4) is 5.75 Å². The van der Waals surface area contributed by atoms with E-state index in [9.17, 15) is 9.18 Å². The molecule has 1 saturated heterocycles. The van der Waals surface area contributed by atoms with Gasteiger partial charge in [0.2, 0.25) is 0 Å². The predicted octanol–water partition coefficient (Wildman–Crippen LogP) is 5.73. The van der Waals surface area contributed by atoms with Crippen molar-refractivity contribution in [1.29, 1.82) is 0 Å². The molecule has 0 amide bonds. The first-order valence-electron chi connectivity index (χ1n) is 10.2. The van der Waals surface area contributed by atoms with Crippen LogP contribution in [0.25, 0.3) is 0 Å². The quantitative estimate of drug-likeness (QED) is 0.616. The summed E-state index contributed by atoms with van der Waals surface area (Å²) in [5, 5.41) is 8.96. The highest BCUT2D eigenvalue weighted by atomic mass is 19.1. The largest absolute Gasteiger partial charge is 0.479 e. The molecule has 0 aromatic heterocycles. The SMILES string of the molecule is C=C(C)[C@H]1C[C@H](c2ccc(C)c(C)c2)[C@H](C)O[C@@H]1c1cccc(F)c1OCC(=O)O. The lowest BCUT2D eigenvalue weighted by Crippen LogP contribution is -2.34. The van der Waals surface area contributed by atoms with Crippen LogP contribution in [0.4, 0.5) is 4.39 Å². The first kappa shape index (κ1) is 22.0. The fourth-order valence-electron chi connectivity index (χ4n) is 4.20. The van der Waals surface area contributed by atoms with Gasteiger partial charge in [-0.2, -0.15) is 0 Å². The minimum Gasteiger partial charge on any atom is -0.479 e. The van der Waals surface area contributed by atoms with Crippen molar-refractivity contribution in [3.05, 3.63) is 76.6 Å². The van der Waals surface area contributed by atoms with Gasteiger partial charge in [0.15, 0.2) is 18.2 Å². The zero-order valence-electron chi connectivity index (χ0n) is 17.9. The van der Waals surface area contributed by atoms with Gasteiger partial charge in [-0.05, 0) is 56.9 Å². The molecule has 3 rings (SSSR count). The van der Waals surface area contributed by atoms with Gasteiger partial charge in [-0.25, -0.2) is 9.18 Å². The van der Waals surface area contributed by atoms with Gasteiger partial charge >= 0.3 is 5.97 Å². The van der Waals surface area contributed by atoms with Gasteiger partial charge in [-0.3, -0.25) is 0 Å². The van der Waals surface area contributed by atoms with Gasteiger partial charge in [0.1, 0.15) is 0 Å². The number of carboxylic acid groups (broad SMARTS) is 1. The summed E-state index contributed by atoms with van der Waals surface area (Å²) in [7, 11) is 0. The number of aryl methyl sites for hydroxylation is 2. The Labute approximate surface area is 177 Å². The molecule has 0 unspecified atom stereocenters. The second-order valence-electron chi connectivity index (χ2n) is 8.24. The molecule has 2 aromatic carbocycles. The van der Waals surface area contributed by atoms with E-state index in [1.807, 2.05) is 13.8 Å². The van der Waals surface area contributed by atoms with Crippen LogP contribution in [0.2, 0.25) is 0 Å². The Morgan fingerprint density at radius 3 is 2.63 bits per heavy atom. The van der Waals surface area contributed by atoms with E-state index in [4.69, 9.17) is 14.6 Å². The van der Waals surface area contributed by atoms with Crippen molar-refractivity contribution in [2.75, 3.05) is 6.61 Å². The van der Waals surface area contributed by atoms with Crippen LogP contribution in [0, 0.1) is 25.6 Å². The molecule has 2 aromatic rings. The smallest absolute Gasteiger partial charge is 0.341 e. The molecule has 1 aliphatic heterocycles. The minimum absolute atomic E-state index is 0.0539. The van der Waals surface area contributed by atoms with E-state index in [1.54, 1.807) is 12.1 Å². The highest BCUT2D eigenvalue weighted by molar-refractivity contribution is 5.68. The van der Waals surface area contributed by atoms with Gasteiger partial charge in [-0.1, -0.05) is 42.5 Å². The van der Waals surface area contributed by atoms with E-state index in [1.165, 1.54) is 22.8 Å². The molecule has 1 heterocycles. The van der Waals surface area contributed by atoms with Gasteiger partial charge in [-0.15, -0.1) is 0 Å². The van der Waals surface area contributed by atoms with Crippen molar-refractivity contribution < 1.29 is 23.8 Å². The monoisotopic (exact) mass is 412 g/mol. The summed E-state index contributed by atoms with van der Waals surface area (Å²) in [6.45, 7) is 11.7. The number of halogens is 1. The number of aliphatic carboxylic acids is 1. The van der Waals surface area contributed by atoms with E-state index in [0.29, 0.717) is 5.56 Å². The minimum atomic E-state index is -1.16. The average molecular weight is 413 g/mol. The fraction of sp³-hybridized carbons (Fsp3) is 0.400. The summed E-state index contributed by atoms with van der Waals surface area (Å²) in [5.41, 5.74) is 5.17. The molecular weight excluding hydrogens is 383 g/mol. The van der Waals surface area contributed by atoms with Gasteiger partial charge < -0.3 is 14.6 Å². The molecule has 0 saturated carbocycles. The third-order valence-corrected chi connectivity index (χ3v) is 6.04. The second-order valence-corrected chi connectivity index (χ2v) is 8.24. The van der Waals surface area contributed by atoms with Crippen LogP contribution >= 0.6 is 0 Å². The summed E-state index contributed by atoms with van der Waals surface area (Å²) in [6.07, 6.45) is 0.238.